The molecule has 1 aromatic heterocycles. The van der Waals surface area contributed by atoms with Crippen LogP contribution in [-0.4, -0.2) is 9.91 Å². The number of halogens is 5. The lowest BCUT2D eigenvalue weighted by Crippen LogP contribution is -2.14. The quantitative estimate of drug-likeness (QED) is 0.468. The summed E-state index contributed by atoms with van der Waals surface area (Å²) in [6, 6.07) is 1.27. The predicted molar refractivity (Wildman–Crippen MR) is 45.6 cm³/mol. The third-order valence-corrected chi connectivity index (χ3v) is 1.83. The minimum Gasteiger partial charge on any atom is -0.358 e. The Hall–Kier alpha value is -2.31. The maximum atomic E-state index is 12.4. The van der Waals surface area contributed by atoms with Crippen LogP contribution in [0, 0.1) is 21.4 Å². The van der Waals surface area contributed by atoms with E-state index in [1.807, 2.05) is 0 Å². The van der Waals surface area contributed by atoms with Gasteiger partial charge >= 0.3 is 12.0 Å². The van der Waals surface area contributed by atoms with Crippen molar-refractivity contribution < 1.29 is 26.9 Å². The molecular formula is C8H2F5N3O2. The van der Waals surface area contributed by atoms with E-state index in [1.54, 1.807) is 0 Å². The highest BCUT2D eigenvalue weighted by atomic mass is 19.4. The highest BCUT2D eigenvalue weighted by molar-refractivity contribution is 5.47. The third-order valence-electron chi connectivity index (χ3n) is 1.83. The first-order chi connectivity index (χ1) is 8.18. The van der Waals surface area contributed by atoms with Gasteiger partial charge in [0.05, 0.1) is 5.56 Å². The SMILES string of the molecule is N#Cc1cc(C(F)F)c(C(F)(F)F)nc1[N+](=O)[O-]. The van der Waals surface area contributed by atoms with Crippen molar-refractivity contribution in [2.45, 2.75) is 12.6 Å². The van der Waals surface area contributed by atoms with E-state index < -0.39 is 40.2 Å². The Kier molecular flexibility index (Phi) is 3.45. The molecule has 1 rings (SSSR count). The molecule has 0 N–H and O–H groups in total. The van der Waals surface area contributed by atoms with Crippen molar-refractivity contribution in [1.82, 2.24) is 4.98 Å². The molecule has 96 valence electrons. The maximum Gasteiger partial charge on any atom is 0.458 e. The highest BCUT2D eigenvalue weighted by Crippen LogP contribution is 2.37. The number of nitrogens with zero attached hydrogens (tertiary/aromatic N) is 3. The Morgan fingerprint density at radius 3 is 2.33 bits per heavy atom. The molecule has 0 aliphatic rings. The summed E-state index contributed by atoms with van der Waals surface area (Å²) in [5.74, 6) is -1.41. The minimum atomic E-state index is -5.27. The summed E-state index contributed by atoms with van der Waals surface area (Å²) >= 11 is 0. The van der Waals surface area contributed by atoms with Crippen molar-refractivity contribution in [2.75, 3.05) is 0 Å². The van der Waals surface area contributed by atoms with Gasteiger partial charge in [-0.1, -0.05) is 0 Å². The first-order valence-corrected chi connectivity index (χ1v) is 4.13. The third kappa shape index (κ3) is 2.50. The Balaban J connectivity index is 3.65. The van der Waals surface area contributed by atoms with Gasteiger partial charge in [-0.15, -0.1) is 0 Å². The van der Waals surface area contributed by atoms with E-state index in [9.17, 15) is 32.1 Å². The summed E-state index contributed by atoms with van der Waals surface area (Å²) in [5, 5.41) is 18.8. The van der Waals surface area contributed by atoms with Gasteiger partial charge < -0.3 is 10.1 Å². The number of aromatic nitrogens is 1. The molecule has 1 heterocycles. The molecule has 10 heteroatoms. The molecule has 0 atom stereocenters. The number of rotatable bonds is 2. The van der Waals surface area contributed by atoms with Gasteiger partial charge in [0.25, 0.3) is 12.1 Å². The van der Waals surface area contributed by atoms with Crippen molar-refractivity contribution in [1.29, 1.82) is 5.26 Å². The molecule has 0 bridgehead atoms. The van der Waals surface area contributed by atoms with E-state index in [4.69, 9.17) is 5.26 Å². The van der Waals surface area contributed by atoms with Crippen LogP contribution in [0.4, 0.5) is 27.8 Å². The summed E-state index contributed by atoms with van der Waals surface area (Å²) in [5.41, 5.74) is -4.59. The zero-order valence-electron chi connectivity index (χ0n) is 8.20. The van der Waals surface area contributed by atoms with Gasteiger partial charge in [0, 0.05) is 0 Å². The van der Waals surface area contributed by atoms with Gasteiger partial charge in [0.2, 0.25) is 0 Å². The largest absolute Gasteiger partial charge is 0.458 e. The van der Waals surface area contributed by atoms with Crippen molar-refractivity contribution >= 4 is 5.82 Å². The summed E-state index contributed by atoms with van der Waals surface area (Å²) in [7, 11) is 0. The molecule has 0 saturated heterocycles. The average Bonchev–Trinajstić information content (AvgIpc) is 2.25. The molecule has 1 aromatic rings. The molecule has 0 aromatic carbocycles. The fourth-order valence-electron chi connectivity index (χ4n) is 1.13. The molecule has 0 saturated carbocycles. The molecule has 0 unspecified atom stereocenters. The number of hydrogen-bond acceptors (Lipinski definition) is 4. The Morgan fingerprint density at radius 2 is 2.00 bits per heavy atom. The maximum absolute atomic E-state index is 12.4. The van der Waals surface area contributed by atoms with Crippen LogP contribution < -0.4 is 0 Å². The molecule has 0 fully saturated rings. The van der Waals surface area contributed by atoms with Crippen molar-refractivity contribution in [3.05, 3.63) is 33.0 Å². The van der Waals surface area contributed by atoms with Crippen LogP contribution in [0.5, 0.6) is 0 Å². The number of nitriles is 1. The molecule has 0 spiro atoms. The first kappa shape index (κ1) is 13.8. The van der Waals surface area contributed by atoms with Crippen LogP contribution in [-0.2, 0) is 6.18 Å². The van der Waals surface area contributed by atoms with E-state index in [1.165, 1.54) is 0 Å². The fraction of sp³-hybridized carbons (Fsp3) is 0.250. The van der Waals surface area contributed by atoms with Gasteiger partial charge in [-0.05, 0) is 16.0 Å². The summed E-state index contributed by atoms with van der Waals surface area (Å²) in [6.07, 6.45) is -8.83. The number of hydrogen-bond donors (Lipinski definition) is 0. The topological polar surface area (TPSA) is 79.8 Å². The van der Waals surface area contributed by atoms with Crippen LogP contribution in [0.3, 0.4) is 0 Å². The zero-order valence-corrected chi connectivity index (χ0v) is 8.20. The molecule has 0 aliphatic heterocycles. The second-order valence-corrected chi connectivity index (χ2v) is 2.96. The van der Waals surface area contributed by atoms with Crippen molar-refractivity contribution in [3.8, 4) is 6.07 Å². The lowest BCUT2D eigenvalue weighted by atomic mass is 10.1. The molecule has 0 aliphatic carbocycles. The lowest BCUT2D eigenvalue weighted by Gasteiger charge is -2.08. The normalized spacial score (nSPS) is 11.4. The molecule has 0 radical (unpaired) electrons. The Bertz CT molecular complexity index is 535. The van der Waals surface area contributed by atoms with Crippen LogP contribution in [0.1, 0.15) is 23.2 Å². The van der Waals surface area contributed by atoms with E-state index in [2.05, 4.69) is 4.98 Å². The lowest BCUT2D eigenvalue weighted by molar-refractivity contribution is -0.390. The van der Waals surface area contributed by atoms with Gasteiger partial charge in [0.15, 0.2) is 5.56 Å². The van der Waals surface area contributed by atoms with Crippen LogP contribution in [0.15, 0.2) is 6.07 Å². The van der Waals surface area contributed by atoms with Crippen molar-refractivity contribution in [3.63, 3.8) is 0 Å². The average molecular weight is 267 g/mol. The Labute approximate surface area is 95.6 Å². The standard InChI is InChI=1S/C8H2F5N3O2/c9-6(10)4-1-3(2-14)7(16(17)18)15-5(4)8(11,12)13/h1,6H. The minimum absolute atomic E-state index is 0.124. The second-order valence-electron chi connectivity index (χ2n) is 2.96. The molecule has 18 heavy (non-hydrogen) atoms. The van der Waals surface area contributed by atoms with E-state index >= 15 is 0 Å². The van der Waals surface area contributed by atoms with Gasteiger partial charge in [0.1, 0.15) is 6.07 Å². The predicted octanol–water partition coefficient (Wildman–Crippen LogP) is 2.82. The van der Waals surface area contributed by atoms with E-state index in [0.29, 0.717) is 0 Å². The second kappa shape index (κ2) is 4.52. The van der Waals surface area contributed by atoms with Gasteiger partial charge in [-0.25, -0.2) is 8.78 Å². The van der Waals surface area contributed by atoms with E-state index in [-0.39, 0.29) is 6.07 Å². The van der Waals surface area contributed by atoms with Crippen LogP contribution in [0.25, 0.3) is 0 Å². The monoisotopic (exact) mass is 267 g/mol. The van der Waals surface area contributed by atoms with E-state index in [0.717, 1.165) is 6.07 Å². The fourth-order valence-corrected chi connectivity index (χ4v) is 1.13. The number of nitro groups is 1. The number of alkyl halides is 5. The summed E-state index contributed by atoms with van der Waals surface area (Å²) < 4.78 is 61.9. The molecular weight excluding hydrogens is 265 g/mol. The van der Waals surface area contributed by atoms with Gasteiger partial charge in [-0.3, -0.25) is 0 Å². The Morgan fingerprint density at radius 1 is 1.44 bits per heavy atom. The van der Waals surface area contributed by atoms with Gasteiger partial charge in [-0.2, -0.15) is 18.4 Å². The zero-order chi connectivity index (χ0) is 14.1. The molecule has 5 nitrogen and oxygen atoms in total. The molecule has 0 amide bonds. The van der Waals surface area contributed by atoms with Crippen LogP contribution >= 0.6 is 0 Å². The highest BCUT2D eigenvalue weighted by Gasteiger charge is 2.44. The smallest absolute Gasteiger partial charge is 0.358 e. The first-order valence-electron chi connectivity index (χ1n) is 4.13. The van der Waals surface area contributed by atoms with Crippen LogP contribution in [0.2, 0.25) is 0 Å². The summed E-state index contributed by atoms with van der Waals surface area (Å²) in [4.78, 5) is 11.5. The number of pyridine rings is 1. The van der Waals surface area contributed by atoms with Crippen molar-refractivity contribution in [2.24, 2.45) is 0 Å². The summed E-state index contributed by atoms with van der Waals surface area (Å²) in [6.45, 7) is 0.